The average molecular weight is 455 g/mol. The Morgan fingerprint density at radius 2 is 1.68 bits per heavy atom. The number of nitrogens with one attached hydrogen (secondary N) is 1. The van der Waals surface area contributed by atoms with E-state index in [4.69, 9.17) is 11.6 Å². The Balaban J connectivity index is 1.49. The van der Waals surface area contributed by atoms with Crippen LogP contribution in [0, 0.1) is 6.92 Å². The van der Waals surface area contributed by atoms with Crippen LogP contribution in [0.4, 0.5) is 0 Å². The molecule has 4 aromatic rings. The highest BCUT2D eigenvalue weighted by molar-refractivity contribution is 9.10. The maximum Gasteiger partial charge on any atom is 0.270 e. The molecule has 28 heavy (non-hydrogen) atoms. The van der Waals surface area contributed by atoms with E-state index in [1.165, 1.54) is 0 Å². The number of carbonyl (C=O) groups is 1. The number of rotatable bonds is 4. The average Bonchev–Trinajstić information content (AvgIpc) is 3.02. The van der Waals surface area contributed by atoms with Crippen LogP contribution in [0.3, 0.4) is 0 Å². The molecule has 0 bridgehead atoms. The molecule has 4 nitrogen and oxygen atoms in total. The third-order valence-corrected chi connectivity index (χ3v) is 5.28. The lowest BCUT2D eigenvalue weighted by Crippen LogP contribution is -2.25. The van der Waals surface area contributed by atoms with Crippen molar-refractivity contribution in [2.75, 3.05) is 0 Å². The van der Waals surface area contributed by atoms with Crippen LogP contribution in [-0.4, -0.2) is 15.3 Å². The molecule has 0 fully saturated rings. The van der Waals surface area contributed by atoms with E-state index < -0.39 is 0 Å². The Morgan fingerprint density at radius 3 is 2.36 bits per heavy atom. The van der Waals surface area contributed by atoms with Gasteiger partial charge >= 0.3 is 0 Å². The number of aryl methyl sites for hydroxylation is 1. The summed E-state index contributed by atoms with van der Waals surface area (Å²) in [5.74, 6) is -0.148. The first-order valence-electron chi connectivity index (χ1n) is 8.78. The number of aromatic nitrogens is 2. The molecule has 0 unspecified atom stereocenters. The number of halogens is 2. The lowest BCUT2D eigenvalue weighted by molar-refractivity contribution is 0.0944. The minimum Gasteiger partial charge on any atom is -0.347 e. The predicted molar refractivity (Wildman–Crippen MR) is 116 cm³/mol. The monoisotopic (exact) mass is 453 g/mol. The molecule has 0 aliphatic carbocycles. The molecule has 0 saturated carbocycles. The zero-order chi connectivity index (χ0) is 19.7. The second kappa shape index (κ2) is 7.78. The van der Waals surface area contributed by atoms with Gasteiger partial charge in [-0.05, 0) is 63.8 Å². The lowest BCUT2D eigenvalue weighted by atomic mass is 10.0. The van der Waals surface area contributed by atoms with Gasteiger partial charge in [0, 0.05) is 22.2 Å². The van der Waals surface area contributed by atoms with E-state index in [1.807, 2.05) is 73.8 Å². The van der Waals surface area contributed by atoms with E-state index in [0.717, 1.165) is 31.8 Å². The van der Waals surface area contributed by atoms with Crippen LogP contribution in [0.1, 0.15) is 21.7 Å². The van der Waals surface area contributed by atoms with Crippen LogP contribution in [0.5, 0.6) is 0 Å². The molecule has 0 aliphatic heterocycles. The summed E-state index contributed by atoms with van der Waals surface area (Å²) in [6.45, 7) is 2.29. The van der Waals surface area contributed by atoms with Crippen molar-refractivity contribution in [1.82, 2.24) is 14.7 Å². The minimum absolute atomic E-state index is 0.148. The second-order valence-electron chi connectivity index (χ2n) is 6.51. The third kappa shape index (κ3) is 3.81. The van der Waals surface area contributed by atoms with Crippen molar-refractivity contribution in [2.45, 2.75) is 13.5 Å². The van der Waals surface area contributed by atoms with Crippen LogP contribution in [0.25, 0.3) is 16.8 Å². The molecule has 2 aromatic carbocycles. The zero-order valence-electron chi connectivity index (χ0n) is 15.1. The van der Waals surface area contributed by atoms with E-state index >= 15 is 0 Å². The van der Waals surface area contributed by atoms with E-state index in [-0.39, 0.29) is 5.91 Å². The molecule has 6 heteroatoms. The van der Waals surface area contributed by atoms with Gasteiger partial charge in [0.2, 0.25) is 0 Å². The molecular formula is C22H17BrClN3O. The van der Waals surface area contributed by atoms with Gasteiger partial charge in [-0.2, -0.15) is 0 Å². The molecule has 2 heterocycles. The summed E-state index contributed by atoms with van der Waals surface area (Å²) in [5.41, 5.74) is 5.24. The number of fused-ring (bicyclic) bond motifs is 1. The normalized spacial score (nSPS) is 11.0. The van der Waals surface area contributed by atoms with Gasteiger partial charge in [0.15, 0.2) is 0 Å². The van der Waals surface area contributed by atoms with Crippen molar-refractivity contribution in [3.8, 4) is 11.1 Å². The van der Waals surface area contributed by atoms with Crippen LogP contribution in [-0.2, 0) is 6.54 Å². The second-order valence-corrected chi connectivity index (χ2v) is 7.86. The summed E-state index contributed by atoms with van der Waals surface area (Å²) < 4.78 is 2.70. The highest BCUT2D eigenvalue weighted by atomic mass is 79.9. The van der Waals surface area contributed by atoms with Gasteiger partial charge in [0.25, 0.3) is 5.91 Å². The van der Waals surface area contributed by atoms with E-state index in [1.54, 1.807) is 4.40 Å². The number of carbonyl (C=O) groups excluding carboxylic acids is 1. The maximum absolute atomic E-state index is 12.7. The summed E-state index contributed by atoms with van der Waals surface area (Å²) in [6, 6.07) is 19.6. The van der Waals surface area contributed by atoms with E-state index in [9.17, 15) is 4.79 Å². The Bertz CT molecular complexity index is 1150. The molecule has 0 aliphatic rings. The Hall–Kier alpha value is -2.63. The molecule has 2 aromatic heterocycles. The standard InChI is InChI=1S/C22H17BrClN3O/c1-14-21(27-13-18(23)8-11-20(27)26-14)22(28)25-12-15-2-4-16(5-3-15)17-6-9-19(24)10-7-17/h2-11,13H,12H2,1H3,(H,25,28). The molecule has 0 saturated heterocycles. The fourth-order valence-electron chi connectivity index (χ4n) is 3.13. The summed E-state index contributed by atoms with van der Waals surface area (Å²) in [7, 11) is 0. The van der Waals surface area contributed by atoms with Gasteiger partial charge in [0.1, 0.15) is 11.3 Å². The van der Waals surface area contributed by atoms with Crippen molar-refractivity contribution in [3.05, 3.63) is 93.3 Å². The number of amides is 1. The summed E-state index contributed by atoms with van der Waals surface area (Å²) in [6.07, 6.45) is 1.85. The summed E-state index contributed by atoms with van der Waals surface area (Å²) >= 11 is 9.39. The molecule has 1 amide bonds. The number of imidazole rings is 1. The molecule has 140 valence electrons. The van der Waals surface area contributed by atoms with Crippen molar-refractivity contribution < 1.29 is 4.79 Å². The highest BCUT2D eigenvalue weighted by Crippen LogP contribution is 2.22. The van der Waals surface area contributed by atoms with Crippen LogP contribution < -0.4 is 5.32 Å². The fourth-order valence-corrected chi connectivity index (χ4v) is 3.60. The van der Waals surface area contributed by atoms with Crippen LogP contribution in [0.2, 0.25) is 5.02 Å². The number of hydrogen-bond donors (Lipinski definition) is 1. The Labute approximate surface area is 176 Å². The molecule has 0 radical (unpaired) electrons. The van der Waals surface area contributed by atoms with E-state index in [2.05, 4.69) is 26.2 Å². The summed E-state index contributed by atoms with van der Waals surface area (Å²) in [4.78, 5) is 17.2. The number of benzene rings is 2. The van der Waals surface area contributed by atoms with Gasteiger partial charge in [-0.3, -0.25) is 9.20 Å². The molecule has 0 spiro atoms. The zero-order valence-corrected chi connectivity index (χ0v) is 17.5. The van der Waals surface area contributed by atoms with Crippen molar-refractivity contribution in [1.29, 1.82) is 0 Å². The van der Waals surface area contributed by atoms with Gasteiger partial charge in [-0.1, -0.05) is 48.0 Å². The van der Waals surface area contributed by atoms with Crippen molar-refractivity contribution in [2.24, 2.45) is 0 Å². The first-order valence-corrected chi connectivity index (χ1v) is 9.95. The summed E-state index contributed by atoms with van der Waals surface area (Å²) in [5, 5.41) is 3.71. The topological polar surface area (TPSA) is 46.4 Å². The minimum atomic E-state index is -0.148. The smallest absolute Gasteiger partial charge is 0.270 e. The maximum atomic E-state index is 12.7. The fraction of sp³-hybridized carbons (Fsp3) is 0.0909. The highest BCUT2D eigenvalue weighted by Gasteiger charge is 2.16. The molecule has 4 rings (SSSR count). The quantitative estimate of drug-likeness (QED) is 0.433. The lowest BCUT2D eigenvalue weighted by Gasteiger charge is -2.08. The molecule has 0 atom stereocenters. The number of hydrogen-bond acceptors (Lipinski definition) is 2. The first-order chi connectivity index (χ1) is 13.5. The van der Waals surface area contributed by atoms with Gasteiger partial charge in [0.05, 0.1) is 5.69 Å². The van der Waals surface area contributed by atoms with E-state index in [0.29, 0.717) is 17.9 Å². The van der Waals surface area contributed by atoms with Gasteiger partial charge in [-0.25, -0.2) is 4.98 Å². The SMILES string of the molecule is Cc1nc2ccc(Br)cn2c1C(=O)NCc1ccc(-c2ccc(Cl)cc2)cc1. The molecule has 1 N–H and O–H groups in total. The Kier molecular flexibility index (Phi) is 5.20. The van der Waals surface area contributed by atoms with Gasteiger partial charge in [-0.15, -0.1) is 0 Å². The molecular weight excluding hydrogens is 438 g/mol. The first kappa shape index (κ1) is 18.7. The van der Waals surface area contributed by atoms with Crippen molar-refractivity contribution >= 4 is 39.1 Å². The van der Waals surface area contributed by atoms with Crippen molar-refractivity contribution in [3.63, 3.8) is 0 Å². The van der Waals surface area contributed by atoms with Crippen LogP contribution in [0.15, 0.2) is 71.3 Å². The number of pyridine rings is 1. The third-order valence-electron chi connectivity index (χ3n) is 4.56. The number of nitrogens with zero attached hydrogens (tertiary/aromatic N) is 2. The largest absolute Gasteiger partial charge is 0.347 e. The Morgan fingerprint density at radius 1 is 1.04 bits per heavy atom. The van der Waals surface area contributed by atoms with Crippen LogP contribution >= 0.6 is 27.5 Å². The predicted octanol–water partition coefficient (Wildman–Crippen LogP) is 5.66. The van der Waals surface area contributed by atoms with Gasteiger partial charge < -0.3 is 5.32 Å².